The molecule has 14 heteroatoms. The molecule has 2 saturated heterocycles. The lowest BCUT2D eigenvalue weighted by Gasteiger charge is -2.46. The molecule has 2 fully saturated rings. The zero-order valence-electron chi connectivity index (χ0n) is 62.8. The van der Waals surface area contributed by atoms with E-state index in [0.29, 0.717) is 12.8 Å². The standard InChI is InChI=1S/C87H143NO13/c1-3-5-7-9-11-13-15-17-19-21-23-25-27-29-31-33-34-35-36-37-38-39-40-41-42-43-45-47-49-51-53-55-57-59-61-63-65-67-69-71-79(92)88-75(74-98-86-84(97)82(95)85(78(73-90)100-86)101-87-83(96)81(94)80(93)77(72-89)99-87)76(91)70-68-66-64-62-60-58-56-54-52-50-48-46-44-32-30-28-26-24-22-20-18-16-14-12-10-8-6-4-2/h5,7,11,13,17,19,23,25,29,31,34-35,37-38,40-41,43,45,49,51,55,57,60-63,68,70,75-78,80-87,89-91,93-97H,3-4,6,8-10,12,14-16,18,20-22,24,26-28,30,32-33,36,39,42,44,46-48,50,52-54,56,58-59,64-67,69,71-74H2,1-2H3,(H,88,92)/b7-5-,13-11-,19-17-,25-23-,31-29-,35-34-,38-37-,41-40-,45-43-,51-49-,57-55-,62-60+,63-61-,70-68+. The lowest BCUT2D eigenvalue weighted by atomic mass is 9.97. The molecule has 0 aromatic rings. The maximum Gasteiger partial charge on any atom is 0.220 e. The number of unbranched alkanes of at least 4 members (excludes halogenated alkanes) is 25. The smallest absolute Gasteiger partial charge is 0.220 e. The van der Waals surface area contributed by atoms with E-state index in [1.165, 1.54) is 141 Å². The summed E-state index contributed by atoms with van der Waals surface area (Å²) in [5, 5.41) is 87.6. The van der Waals surface area contributed by atoms with Gasteiger partial charge in [-0.05, 0) is 122 Å². The Bertz CT molecular complexity index is 2360. The minimum Gasteiger partial charge on any atom is -0.394 e. The highest BCUT2D eigenvalue weighted by Gasteiger charge is 2.51. The number of nitrogens with one attached hydrogen (secondary N) is 1. The third-order valence-electron chi connectivity index (χ3n) is 18.1. The molecule has 0 bridgehead atoms. The fourth-order valence-electron chi connectivity index (χ4n) is 11.9. The van der Waals surface area contributed by atoms with Crippen molar-refractivity contribution in [2.75, 3.05) is 19.8 Å². The van der Waals surface area contributed by atoms with Gasteiger partial charge in [0.2, 0.25) is 5.91 Å². The minimum atomic E-state index is -1.81. The summed E-state index contributed by atoms with van der Waals surface area (Å²) in [6.07, 6.45) is 90.0. The van der Waals surface area contributed by atoms with E-state index in [9.17, 15) is 45.6 Å². The third-order valence-corrected chi connectivity index (χ3v) is 18.1. The summed E-state index contributed by atoms with van der Waals surface area (Å²) in [5.74, 6) is -0.296. The number of allylic oxidation sites excluding steroid dienone is 27. The first-order chi connectivity index (χ1) is 49.6. The molecule has 0 aromatic carbocycles. The molecular weight excluding hydrogens is 1270 g/mol. The van der Waals surface area contributed by atoms with Crippen molar-refractivity contribution >= 4 is 5.91 Å². The number of aliphatic hydroxyl groups is 8. The predicted octanol–water partition coefficient (Wildman–Crippen LogP) is 18.3. The summed E-state index contributed by atoms with van der Waals surface area (Å²) in [5.41, 5.74) is 0. The summed E-state index contributed by atoms with van der Waals surface area (Å²) in [6.45, 7) is 2.65. The van der Waals surface area contributed by atoms with E-state index in [2.05, 4.69) is 177 Å². The zero-order valence-corrected chi connectivity index (χ0v) is 62.8. The second kappa shape index (κ2) is 68.5. The molecule has 0 saturated carbocycles. The first kappa shape index (κ1) is 92.4. The molecule has 2 rings (SSSR count). The van der Waals surface area contributed by atoms with E-state index < -0.39 is 86.8 Å². The Balaban J connectivity index is 1.68. The molecule has 2 aliphatic heterocycles. The number of carbonyl (C=O) groups is 1. The zero-order chi connectivity index (χ0) is 73.0. The molecule has 2 aliphatic rings. The van der Waals surface area contributed by atoms with Crippen LogP contribution in [0, 0.1) is 0 Å². The van der Waals surface area contributed by atoms with Gasteiger partial charge in [0.1, 0.15) is 48.8 Å². The topological polar surface area (TPSA) is 228 Å². The van der Waals surface area contributed by atoms with E-state index in [0.717, 1.165) is 103 Å². The SMILES string of the molecule is CC/C=C\C/C=C\C/C=C\C/C=C\C/C=C\C/C=C\C/C=C\C/C=C\C/C=C\C/C=C\C/C=C\C/C=C\CCCCC(=O)NC(COC1OC(CO)C(OC2OC(CO)C(O)C(O)C2O)C(O)C1O)C(O)/C=C/CC/C=C/CCCCCCCCCCCCCCCCCCCCCCCC. The van der Waals surface area contributed by atoms with Gasteiger partial charge in [0.25, 0.3) is 0 Å². The fourth-order valence-corrected chi connectivity index (χ4v) is 11.9. The average molecular weight is 1410 g/mol. The van der Waals surface area contributed by atoms with Gasteiger partial charge in [0.15, 0.2) is 12.6 Å². The molecule has 0 radical (unpaired) electrons. The summed E-state index contributed by atoms with van der Waals surface area (Å²) in [7, 11) is 0. The van der Waals surface area contributed by atoms with Crippen molar-refractivity contribution in [2.45, 2.75) is 351 Å². The van der Waals surface area contributed by atoms with Crippen LogP contribution < -0.4 is 5.32 Å². The molecule has 101 heavy (non-hydrogen) atoms. The Morgan fingerprint density at radius 2 is 0.693 bits per heavy atom. The monoisotopic (exact) mass is 1410 g/mol. The van der Waals surface area contributed by atoms with Crippen LogP contribution in [0.4, 0.5) is 0 Å². The maximum atomic E-state index is 13.4. The number of hydrogen-bond donors (Lipinski definition) is 9. The summed E-state index contributed by atoms with van der Waals surface area (Å²) in [4.78, 5) is 13.4. The quantitative estimate of drug-likeness (QED) is 0.0204. The summed E-state index contributed by atoms with van der Waals surface area (Å²) < 4.78 is 22.9. The molecular formula is C87H143NO13. The molecule has 12 atom stereocenters. The van der Waals surface area contributed by atoms with Crippen molar-refractivity contribution in [3.05, 3.63) is 170 Å². The normalized spacial score (nSPS) is 22.7. The van der Waals surface area contributed by atoms with Crippen LogP contribution >= 0.6 is 0 Å². The lowest BCUT2D eigenvalue weighted by Crippen LogP contribution is -2.65. The Kier molecular flexibility index (Phi) is 62.7. The van der Waals surface area contributed by atoms with Gasteiger partial charge in [0, 0.05) is 6.42 Å². The number of hydrogen-bond acceptors (Lipinski definition) is 13. The lowest BCUT2D eigenvalue weighted by molar-refractivity contribution is -0.359. The van der Waals surface area contributed by atoms with Crippen molar-refractivity contribution in [1.29, 1.82) is 0 Å². The Labute approximate surface area is 613 Å². The van der Waals surface area contributed by atoms with Gasteiger partial charge in [-0.25, -0.2) is 0 Å². The van der Waals surface area contributed by atoms with E-state index in [4.69, 9.17) is 18.9 Å². The van der Waals surface area contributed by atoms with Gasteiger partial charge in [-0.15, -0.1) is 0 Å². The Morgan fingerprint density at radius 3 is 1.09 bits per heavy atom. The number of ether oxygens (including phenoxy) is 4. The Morgan fingerprint density at radius 1 is 0.366 bits per heavy atom. The second-order valence-corrected chi connectivity index (χ2v) is 27.1. The van der Waals surface area contributed by atoms with Crippen LogP contribution in [-0.2, 0) is 23.7 Å². The maximum absolute atomic E-state index is 13.4. The van der Waals surface area contributed by atoms with Crippen LogP contribution in [0.1, 0.15) is 277 Å². The predicted molar refractivity (Wildman–Crippen MR) is 419 cm³/mol. The first-order valence-corrected chi connectivity index (χ1v) is 39.9. The van der Waals surface area contributed by atoms with Crippen molar-refractivity contribution in [3.63, 3.8) is 0 Å². The molecule has 12 unspecified atom stereocenters. The largest absolute Gasteiger partial charge is 0.394 e. The van der Waals surface area contributed by atoms with Crippen molar-refractivity contribution in [2.24, 2.45) is 0 Å². The van der Waals surface area contributed by atoms with Gasteiger partial charge in [-0.1, -0.05) is 319 Å². The molecule has 0 aliphatic carbocycles. The van der Waals surface area contributed by atoms with E-state index in [1.807, 2.05) is 6.08 Å². The summed E-state index contributed by atoms with van der Waals surface area (Å²) >= 11 is 0. The van der Waals surface area contributed by atoms with E-state index in [-0.39, 0.29) is 18.9 Å². The number of carbonyl (C=O) groups excluding carboxylic acids is 1. The van der Waals surface area contributed by atoms with Crippen LogP contribution in [0.25, 0.3) is 0 Å². The molecule has 14 nitrogen and oxygen atoms in total. The minimum absolute atomic E-state index is 0.207. The van der Waals surface area contributed by atoms with Gasteiger partial charge in [-0.3, -0.25) is 4.79 Å². The molecule has 0 spiro atoms. The number of aliphatic hydroxyl groups excluding tert-OH is 8. The van der Waals surface area contributed by atoms with Gasteiger partial charge < -0.3 is 65.1 Å². The van der Waals surface area contributed by atoms with Gasteiger partial charge >= 0.3 is 0 Å². The molecule has 1 amide bonds. The highest BCUT2D eigenvalue weighted by atomic mass is 16.7. The fraction of sp³-hybridized carbons (Fsp3) is 0.667. The molecule has 574 valence electrons. The highest BCUT2D eigenvalue weighted by Crippen LogP contribution is 2.30. The van der Waals surface area contributed by atoms with Gasteiger partial charge in [0.05, 0.1) is 32.0 Å². The molecule has 9 N–H and O–H groups in total. The molecule has 0 aromatic heterocycles. The van der Waals surface area contributed by atoms with Crippen LogP contribution in [0.2, 0.25) is 0 Å². The number of rotatable bonds is 64. The highest BCUT2D eigenvalue weighted by molar-refractivity contribution is 5.76. The Hall–Kier alpha value is -4.65. The van der Waals surface area contributed by atoms with Crippen LogP contribution in [-0.4, -0.2) is 140 Å². The average Bonchev–Trinajstić information content (AvgIpc) is 0.790. The van der Waals surface area contributed by atoms with Crippen molar-refractivity contribution in [3.8, 4) is 0 Å². The summed E-state index contributed by atoms with van der Waals surface area (Å²) in [6, 6.07) is -0.970. The van der Waals surface area contributed by atoms with E-state index >= 15 is 0 Å². The van der Waals surface area contributed by atoms with Crippen molar-refractivity contribution < 1.29 is 64.6 Å². The molecule has 2 heterocycles. The van der Waals surface area contributed by atoms with Crippen LogP contribution in [0.15, 0.2) is 170 Å². The van der Waals surface area contributed by atoms with Crippen LogP contribution in [0.3, 0.4) is 0 Å². The van der Waals surface area contributed by atoms with E-state index in [1.54, 1.807) is 6.08 Å². The first-order valence-electron chi connectivity index (χ1n) is 39.9. The van der Waals surface area contributed by atoms with Gasteiger partial charge in [-0.2, -0.15) is 0 Å². The third kappa shape index (κ3) is 51.2. The van der Waals surface area contributed by atoms with Crippen molar-refractivity contribution in [1.82, 2.24) is 5.32 Å². The van der Waals surface area contributed by atoms with Crippen LogP contribution in [0.5, 0.6) is 0 Å². The number of amides is 1. The second-order valence-electron chi connectivity index (χ2n) is 27.1.